The van der Waals surface area contributed by atoms with Crippen LogP contribution in [-0.4, -0.2) is 33.5 Å². The second-order valence-corrected chi connectivity index (χ2v) is 5.02. The molecule has 1 heterocycles. The summed E-state index contributed by atoms with van der Waals surface area (Å²) in [6, 6.07) is 4.27. The molecule has 1 aliphatic rings. The molecule has 0 aliphatic carbocycles. The Bertz CT molecular complexity index is 419. The van der Waals surface area contributed by atoms with Crippen LogP contribution in [0, 0.1) is 0 Å². The van der Waals surface area contributed by atoms with E-state index >= 15 is 0 Å². The van der Waals surface area contributed by atoms with Gasteiger partial charge in [0.1, 0.15) is 0 Å². The Morgan fingerprint density at radius 1 is 1.37 bits per heavy atom. The van der Waals surface area contributed by atoms with Crippen LogP contribution >= 0.6 is 11.6 Å². The fraction of sp³-hybridized carbons (Fsp3) is 0.571. The van der Waals surface area contributed by atoms with Gasteiger partial charge in [-0.3, -0.25) is 0 Å². The minimum Gasteiger partial charge on any atom is -0.493 e. The standard InChI is InChI=1S/C14H20ClNO3/c1-17-13-7-10(6-12(15)14(13)18-2)8-16-11-4-3-5-19-9-11/h6-7,11,16H,3-5,8-9H2,1-2H3/t11-/m0/s1. The molecule has 1 atom stereocenters. The summed E-state index contributed by atoms with van der Waals surface area (Å²) in [5.74, 6) is 1.24. The predicted octanol–water partition coefficient (Wildman–Crippen LogP) is 2.63. The quantitative estimate of drug-likeness (QED) is 0.903. The Morgan fingerprint density at radius 3 is 2.84 bits per heavy atom. The van der Waals surface area contributed by atoms with Gasteiger partial charge < -0.3 is 19.5 Å². The molecule has 0 radical (unpaired) electrons. The minimum absolute atomic E-state index is 0.417. The van der Waals surface area contributed by atoms with Gasteiger partial charge in [0.25, 0.3) is 0 Å². The molecule has 19 heavy (non-hydrogen) atoms. The molecule has 106 valence electrons. The first kappa shape index (κ1) is 14.4. The zero-order valence-electron chi connectivity index (χ0n) is 11.4. The van der Waals surface area contributed by atoms with Gasteiger partial charge in [-0.25, -0.2) is 0 Å². The highest BCUT2D eigenvalue weighted by molar-refractivity contribution is 6.32. The molecule has 1 saturated heterocycles. The first-order valence-electron chi connectivity index (χ1n) is 6.46. The summed E-state index contributed by atoms with van der Waals surface area (Å²) in [4.78, 5) is 0. The number of halogens is 1. The van der Waals surface area contributed by atoms with E-state index in [1.54, 1.807) is 14.2 Å². The molecule has 4 nitrogen and oxygen atoms in total. The molecule has 1 aromatic rings. The molecule has 1 N–H and O–H groups in total. The SMILES string of the molecule is COc1cc(CN[C@H]2CCCOC2)cc(Cl)c1OC. The fourth-order valence-electron chi connectivity index (χ4n) is 2.24. The van der Waals surface area contributed by atoms with E-state index in [9.17, 15) is 0 Å². The van der Waals surface area contributed by atoms with Crippen molar-refractivity contribution >= 4 is 11.6 Å². The Labute approximate surface area is 119 Å². The van der Waals surface area contributed by atoms with E-state index in [2.05, 4.69) is 5.32 Å². The average Bonchev–Trinajstić information content (AvgIpc) is 2.45. The lowest BCUT2D eigenvalue weighted by Crippen LogP contribution is -2.36. The maximum atomic E-state index is 6.18. The van der Waals surface area contributed by atoms with Gasteiger partial charge >= 0.3 is 0 Å². The molecule has 2 rings (SSSR count). The minimum atomic E-state index is 0.417. The third-order valence-electron chi connectivity index (χ3n) is 3.25. The van der Waals surface area contributed by atoms with Crippen LogP contribution < -0.4 is 14.8 Å². The van der Waals surface area contributed by atoms with Crippen molar-refractivity contribution in [2.75, 3.05) is 27.4 Å². The van der Waals surface area contributed by atoms with E-state index in [4.69, 9.17) is 25.8 Å². The van der Waals surface area contributed by atoms with E-state index < -0.39 is 0 Å². The number of ether oxygens (including phenoxy) is 3. The molecule has 0 bridgehead atoms. The van der Waals surface area contributed by atoms with Gasteiger partial charge in [-0.15, -0.1) is 0 Å². The van der Waals surface area contributed by atoms with E-state index in [0.717, 1.165) is 38.2 Å². The van der Waals surface area contributed by atoms with Crippen LogP contribution in [0.2, 0.25) is 5.02 Å². The number of methoxy groups -OCH3 is 2. The third-order valence-corrected chi connectivity index (χ3v) is 3.53. The van der Waals surface area contributed by atoms with Crippen molar-refractivity contribution in [2.45, 2.75) is 25.4 Å². The lowest BCUT2D eigenvalue weighted by molar-refractivity contribution is 0.0699. The van der Waals surface area contributed by atoms with Gasteiger partial charge in [-0.05, 0) is 30.5 Å². The molecule has 5 heteroatoms. The van der Waals surface area contributed by atoms with Crippen molar-refractivity contribution in [3.63, 3.8) is 0 Å². The Hall–Kier alpha value is -0.970. The fourth-order valence-corrected chi connectivity index (χ4v) is 2.55. The first-order chi connectivity index (χ1) is 9.24. The van der Waals surface area contributed by atoms with Crippen molar-refractivity contribution in [1.82, 2.24) is 5.32 Å². The molecule has 0 spiro atoms. The topological polar surface area (TPSA) is 39.7 Å². The van der Waals surface area contributed by atoms with E-state index in [1.165, 1.54) is 0 Å². The molecule has 0 amide bonds. The summed E-state index contributed by atoms with van der Waals surface area (Å²) < 4.78 is 15.9. The highest BCUT2D eigenvalue weighted by Gasteiger charge is 2.15. The summed E-state index contributed by atoms with van der Waals surface area (Å²) >= 11 is 6.18. The van der Waals surface area contributed by atoms with Crippen LogP contribution in [0.4, 0.5) is 0 Å². The Balaban J connectivity index is 2.01. The number of hydrogen-bond acceptors (Lipinski definition) is 4. The highest BCUT2D eigenvalue weighted by Crippen LogP contribution is 2.35. The number of nitrogens with one attached hydrogen (secondary N) is 1. The second kappa shape index (κ2) is 6.98. The van der Waals surface area contributed by atoms with Crippen molar-refractivity contribution in [3.05, 3.63) is 22.7 Å². The van der Waals surface area contributed by atoms with Gasteiger partial charge in [0.2, 0.25) is 0 Å². The van der Waals surface area contributed by atoms with Crippen molar-refractivity contribution in [2.24, 2.45) is 0 Å². The first-order valence-corrected chi connectivity index (χ1v) is 6.84. The Kier molecular flexibility index (Phi) is 5.31. The lowest BCUT2D eigenvalue weighted by atomic mass is 10.1. The van der Waals surface area contributed by atoms with Gasteiger partial charge in [-0.2, -0.15) is 0 Å². The summed E-state index contributed by atoms with van der Waals surface area (Å²) in [5.41, 5.74) is 1.08. The summed E-state index contributed by atoms with van der Waals surface area (Å²) in [6.45, 7) is 2.40. The molecule has 1 aromatic carbocycles. The van der Waals surface area contributed by atoms with E-state index in [1.807, 2.05) is 12.1 Å². The van der Waals surface area contributed by atoms with Crippen LogP contribution in [-0.2, 0) is 11.3 Å². The number of rotatable bonds is 5. The molecule has 0 unspecified atom stereocenters. The predicted molar refractivity (Wildman–Crippen MR) is 75.2 cm³/mol. The number of hydrogen-bond donors (Lipinski definition) is 1. The molecule has 1 aliphatic heterocycles. The zero-order valence-corrected chi connectivity index (χ0v) is 12.1. The smallest absolute Gasteiger partial charge is 0.179 e. The molecular weight excluding hydrogens is 266 g/mol. The number of benzene rings is 1. The van der Waals surface area contributed by atoms with Crippen LogP contribution in [0.1, 0.15) is 18.4 Å². The van der Waals surface area contributed by atoms with Crippen LogP contribution in [0.3, 0.4) is 0 Å². The van der Waals surface area contributed by atoms with Crippen LogP contribution in [0.25, 0.3) is 0 Å². The lowest BCUT2D eigenvalue weighted by Gasteiger charge is -2.23. The molecule has 0 saturated carbocycles. The van der Waals surface area contributed by atoms with Crippen LogP contribution in [0.15, 0.2) is 12.1 Å². The molecule has 0 aromatic heterocycles. The summed E-state index contributed by atoms with van der Waals surface area (Å²) in [5, 5.41) is 4.04. The Morgan fingerprint density at radius 2 is 2.21 bits per heavy atom. The average molecular weight is 286 g/mol. The third kappa shape index (κ3) is 3.75. The normalized spacial score (nSPS) is 19.2. The van der Waals surface area contributed by atoms with Gasteiger partial charge in [0.05, 0.1) is 25.8 Å². The van der Waals surface area contributed by atoms with Crippen molar-refractivity contribution in [1.29, 1.82) is 0 Å². The van der Waals surface area contributed by atoms with Crippen molar-refractivity contribution < 1.29 is 14.2 Å². The monoisotopic (exact) mass is 285 g/mol. The second-order valence-electron chi connectivity index (χ2n) is 4.61. The van der Waals surface area contributed by atoms with Gasteiger partial charge in [-0.1, -0.05) is 11.6 Å². The van der Waals surface area contributed by atoms with E-state index in [0.29, 0.717) is 22.6 Å². The summed E-state index contributed by atoms with van der Waals surface area (Å²) in [6.07, 6.45) is 2.27. The van der Waals surface area contributed by atoms with E-state index in [-0.39, 0.29) is 0 Å². The highest BCUT2D eigenvalue weighted by atomic mass is 35.5. The van der Waals surface area contributed by atoms with Crippen molar-refractivity contribution in [3.8, 4) is 11.5 Å². The maximum absolute atomic E-state index is 6.18. The molecular formula is C14H20ClNO3. The summed E-state index contributed by atoms with van der Waals surface area (Å²) in [7, 11) is 3.20. The van der Waals surface area contributed by atoms with Gasteiger partial charge in [0.15, 0.2) is 11.5 Å². The van der Waals surface area contributed by atoms with Gasteiger partial charge in [0, 0.05) is 19.2 Å². The van der Waals surface area contributed by atoms with Crippen LogP contribution in [0.5, 0.6) is 11.5 Å². The maximum Gasteiger partial charge on any atom is 0.179 e. The molecule has 1 fully saturated rings. The largest absolute Gasteiger partial charge is 0.493 e. The zero-order chi connectivity index (χ0) is 13.7.